The van der Waals surface area contributed by atoms with E-state index in [9.17, 15) is 0 Å². The molecule has 0 amide bonds. The Morgan fingerprint density at radius 2 is 1.88 bits per heavy atom. The first-order valence-corrected chi connectivity index (χ1v) is 5.45. The van der Waals surface area contributed by atoms with Crippen LogP contribution in [0.3, 0.4) is 0 Å². The third-order valence-corrected chi connectivity index (χ3v) is 2.70. The number of halogens is 1. The van der Waals surface area contributed by atoms with E-state index < -0.39 is 0 Å². The molecule has 2 aromatic rings. The van der Waals surface area contributed by atoms with E-state index in [4.69, 9.17) is 16.7 Å². The van der Waals surface area contributed by atoms with Gasteiger partial charge in [0.2, 0.25) is 0 Å². The van der Waals surface area contributed by atoms with Crippen LogP contribution in [0.1, 0.15) is 16.8 Å². The van der Waals surface area contributed by atoms with E-state index in [0.717, 1.165) is 11.3 Å². The topological polar surface area (TPSA) is 33.1 Å². The second kappa shape index (κ2) is 5.10. The predicted octanol–water partition coefficient (Wildman–Crippen LogP) is 2.82. The molecule has 1 aromatic heterocycles. The molecule has 3 heteroatoms. The SMILES string of the molecule is OCc1cnc(Cc2ccccc2)c(Cl)c1. The van der Waals surface area contributed by atoms with Crippen molar-refractivity contribution in [1.29, 1.82) is 0 Å². The van der Waals surface area contributed by atoms with Gasteiger partial charge in [0, 0.05) is 12.6 Å². The Hall–Kier alpha value is -1.38. The number of hydrogen-bond donors (Lipinski definition) is 1. The Morgan fingerprint density at radius 3 is 2.50 bits per heavy atom. The number of hydrogen-bond acceptors (Lipinski definition) is 2. The molecule has 0 atom stereocenters. The maximum Gasteiger partial charge on any atom is 0.0697 e. The van der Waals surface area contributed by atoms with Crippen LogP contribution in [-0.2, 0) is 13.0 Å². The summed E-state index contributed by atoms with van der Waals surface area (Å²) in [5.41, 5.74) is 2.75. The number of rotatable bonds is 3. The minimum Gasteiger partial charge on any atom is -0.392 e. The van der Waals surface area contributed by atoms with Crippen LogP contribution in [0.2, 0.25) is 5.02 Å². The van der Waals surface area contributed by atoms with Crippen molar-refractivity contribution < 1.29 is 5.11 Å². The van der Waals surface area contributed by atoms with Gasteiger partial charge < -0.3 is 5.11 Å². The summed E-state index contributed by atoms with van der Waals surface area (Å²) in [5, 5.41) is 9.55. The van der Waals surface area contributed by atoms with Crippen LogP contribution in [0.4, 0.5) is 0 Å². The van der Waals surface area contributed by atoms with Crippen molar-refractivity contribution in [1.82, 2.24) is 4.98 Å². The molecule has 0 bridgehead atoms. The van der Waals surface area contributed by atoms with Crippen molar-refractivity contribution in [2.24, 2.45) is 0 Å². The molecule has 1 heterocycles. The predicted molar refractivity (Wildman–Crippen MR) is 64.4 cm³/mol. The van der Waals surface area contributed by atoms with E-state index in [1.165, 1.54) is 5.56 Å². The monoisotopic (exact) mass is 233 g/mol. The zero-order valence-electron chi connectivity index (χ0n) is 8.73. The van der Waals surface area contributed by atoms with Gasteiger partial charge in [0.25, 0.3) is 0 Å². The lowest BCUT2D eigenvalue weighted by molar-refractivity contribution is 0.281. The molecule has 16 heavy (non-hydrogen) atoms. The van der Waals surface area contributed by atoms with Crippen LogP contribution in [0, 0.1) is 0 Å². The number of aliphatic hydroxyl groups is 1. The fourth-order valence-electron chi connectivity index (χ4n) is 1.51. The van der Waals surface area contributed by atoms with Crippen LogP contribution in [0.5, 0.6) is 0 Å². The first kappa shape index (κ1) is 11.1. The van der Waals surface area contributed by atoms with Crippen LogP contribution in [-0.4, -0.2) is 10.1 Å². The highest BCUT2D eigenvalue weighted by molar-refractivity contribution is 6.31. The zero-order chi connectivity index (χ0) is 11.4. The van der Waals surface area contributed by atoms with E-state index >= 15 is 0 Å². The molecule has 0 spiro atoms. The molecular formula is C13H12ClNO. The molecule has 82 valence electrons. The van der Waals surface area contributed by atoms with Gasteiger partial charge in [-0.25, -0.2) is 0 Å². The average Bonchev–Trinajstić information content (AvgIpc) is 2.33. The van der Waals surface area contributed by atoms with Gasteiger partial charge in [-0.1, -0.05) is 41.9 Å². The second-order valence-electron chi connectivity index (χ2n) is 3.59. The van der Waals surface area contributed by atoms with Crippen molar-refractivity contribution in [2.45, 2.75) is 13.0 Å². The highest BCUT2D eigenvalue weighted by atomic mass is 35.5. The van der Waals surface area contributed by atoms with Gasteiger partial charge in [0.15, 0.2) is 0 Å². The number of benzene rings is 1. The molecule has 0 aliphatic carbocycles. The number of pyridine rings is 1. The first-order valence-electron chi connectivity index (χ1n) is 5.07. The molecule has 1 aromatic carbocycles. The maximum atomic E-state index is 8.94. The molecule has 0 saturated heterocycles. The van der Waals surface area contributed by atoms with Gasteiger partial charge in [0.05, 0.1) is 17.3 Å². The minimum absolute atomic E-state index is 0.0294. The maximum absolute atomic E-state index is 8.94. The Morgan fingerprint density at radius 1 is 1.12 bits per heavy atom. The number of aliphatic hydroxyl groups excluding tert-OH is 1. The van der Waals surface area contributed by atoms with Crippen molar-refractivity contribution in [3.63, 3.8) is 0 Å². The Kier molecular flexibility index (Phi) is 3.54. The highest BCUT2D eigenvalue weighted by Crippen LogP contribution is 2.18. The molecule has 2 rings (SSSR count). The highest BCUT2D eigenvalue weighted by Gasteiger charge is 2.04. The van der Waals surface area contributed by atoms with Crippen LogP contribution in [0.25, 0.3) is 0 Å². The quantitative estimate of drug-likeness (QED) is 0.885. The molecule has 1 N–H and O–H groups in total. The van der Waals surface area contributed by atoms with Gasteiger partial charge >= 0.3 is 0 Å². The summed E-state index contributed by atoms with van der Waals surface area (Å²) in [4.78, 5) is 4.25. The molecule has 0 fully saturated rings. The molecule has 0 unspecified atom stereocenters. The van der Waals surface area contributed by atoms with Crippen LogP contribution in [0.15, 0.2) is 42.6 Å². The molecular weight excluding hydrogens is 222 g/mol. The van der Waals surface area contributed by atoms with Crippen molar-refractivity contribution in [2.75, 3.05) is 0 Å². The molecule has 2 nitrogen and oxygen atoms in total. The Labute approximate surface area is 99.5 Å². The molecule has 0 aliphatic heterocycles. The second-order valence-corrected chi connectivity index (χ2v) is 4.00. The van der Waals surface area contributed by atoms with Crippen molar-refractivity contribution >= 4 is 11.6 Å². The number of aromatic nitrogens is 1. The summed E-state index contributed by atoms with van der Waals surface area (Å²) in [7, 11) is 0. The summed E-state index contributed by atoms with van der Waals surface area (Å²) in [6.07, 6.45) is 2.37. The van der Waals surface area contributed by atoms with E-state index in [2.05, 4.69) is 4.98 Å². The lowest BCUT2D eigenvalue weighted by Gasteiger charge is -2.05. The van der Waals surface area contributed by atoms with E-state index in [1.54, 1.807) is 12.3 Å². The van der Waals surface area contributed by atoms with E-state index in [0.29, 0.717) is 11.4 Å². The average molecular weight is 234 g/mol. The van der Waals surface area contributed by atoms with Crippen molar-refractivity contribution in [3.8, 4) is 0 Å². The van der Waals surface area contributed by atoms with Crippen LogP contribution < -0.4 is 0 Å². The largest absolute Gasteiger partial charge is 0.392 e. The normalized spacial score (nSPS) is 10.4. The van der Waals surface area contributed by atoms with Crippen LogP contribution >= 0.6 is 11.6 Å². The zero-order valence-corrected chi connectivity index (χ0v) is 9.48. The van der Waals surface area contributed by atoms with E-state index in [1.807, 2.05) is 30.3 Å². The summed E-state index contributed by atoms with van der Waals surface area (Å²) in [5.74, 6) is 0. The lowest BCUT2D eigenvalue weighted by Crippen LogP contribution is -1.95. The summed E-state index contributed by atoms with van der Waals surface area (Å²) in [6, 6.07) is 11.8. The van der Waals surface area contributed by atoms with Gasteiger partial charge in [0.1, 0.15) is 0 Å². The summed E-state index contributed by atoms with van der Waals surface area (Å²) in [6.45, 7) is -0.0294. The van der Waals surface area contributed by atoms with Crippen molar-refractivity contribution in [3.05, 3.63) is 64.4 Å². The first-order chi connectivity index (χ1) is 7.79. The molecule has 0 radical (unpaired) electrons. The summed E-state index contributed by atoms with van der Waals surface area (Å²) >= 11 is 6.08. The van der Waals surface area contributed by atoms with Gasteiger partial charge in [-0.2, -0.15) is 0 Å². The van der Waals surface area contributed by atoms with Gasteiger partial charge in [-0.3, -0.25) is 4.98 Å². The fourth-order valence-corrected chi connectivity index (χ4v) is 1.77. The third-order valence-electron chi connectivity index (χ3n) is 2.37. The Balaban J connectivity index is 2.22. The van der Waals surface area contributed by atoms with Gasteiger partial charge in [-0.15, -0.1) is 0 Å². The molecule has 0 aliphatic rings. The van der Waals surface area contributed by atoms with E-state index in [-0.39, 0.29) is 6.61 Å². The lowest BCUT2D eigenvalue weighted by atomic mass is 10.1. The standard InChI is InChI=1S/C13H12ClNO/c14-12-6-11(9-16)8-15-13(12)7-10-4-2-1-3-5-10/h1-6,8,16H,7,9H2. The molecule has 0 saturated carbocycles. The summed E-state index contributed by atoms with van der Waals surface area (Å²) < 4.78 is 0. The number of nitrogens with zero attached hydrogens (tertiary/aromatic N) is 1. The Bertz CT molecular complexity index is 471. The minimum atomic E-state index is -0.0294. The smallest absolute Gasteiger partial charge is 0.0697 e. The fraction of sp³-hybridized carbons (Fsp3) is 0.154. The van der Waals surface area contributed by atoms with Gasteiger partial charge in [-0.05, 0) is 17.2 Å². The third kappa shape index (κ3) is 2.60.